The molecule has 1 unspecified atom stereocenters. The Hall–Kier alpha value is -1.78. The molecule has 0 heterocycles. The number of rotatable bonds is 6. The Balaban J connectivity index is 1.96. The molecule has 2 aromatic carbocycles. The van der Waals surface area contributed by atoms with Crippen molar-refractivity contribution in [3.63, 3.8) is 0 Å². The summed E-state index contributed by atoms with van der Waals surface area (Å²) in [5, 5.41) is 0. The SMILES string of the molecule is Cc1cccc(CCC(Cc2cc(F)cc(F)c2)NN)c1. The van der Waals surface area contributed by atoms with Crippen LogP contribution in [0.4, 0.5) is 8.78 Å². The third-order valence-electron chi connectivity index (χ3n) is 3.50. The molecule has 0 aromatic heterocycles. The predicted molar refractivity (Wildman–Crippen MR) is 80.7 cm³/mol. The van der Waals surface area contributed by atoms with Crippen molar-refractivity contribution in [2.45, 2.75) is 32.2 Å². The largest absolute Gasteiger partial charge is 0.271 e. The topological polar surface area (TPSA) is 38.0 Å². The molecule has 2 nitrogen and oxygen atoms in total. The van der Waals surface area contributed by atoms with Crippen molar-refractivity contribution in [2.24, 2.45) is 5.84 Å². The lowest BCUT2D eigenvalue weighted by Crippen LogP contribution is -2.37. The molecule has 0 aliphatic carbocycles. The van der Waals surface area contributed by atoms with Crippen LogP contribution >= 0.6 is 0 Å². The molecule has 3 N–H and O–H groups in total. The van der Waals surface area contributed by atoms with Gasteiger partial charge in [0.2, 0.25) is 0 Å². The molecule has 4 heteroatoms. The number of hydrogen-bond acceptors (Lipinski definition) is 2. The van der Waals surface area contributed by atoms with Crippen LogP contribution in [0.25, 0.3) is 0 Å². The number of nitrogens with two attached hydrogens (primary N) is 1. The Morgan fingerprint density at radius 1 is 1.05 bits per heavy atom. The minimum atomic E-state index is -0.556. The molecule has 2 aromatic rings. The first-order valence-electron chi connectivity index (χ1n) is 7.03. The summed E-state index contributed by atoms with van der Waals surface area (Å²) in [7, 11) is 0. The van der Waals surface area contributed by atoms with Crippen molar-refractivity contribution in [1.82, 2.24) is 5.43 Å². The number of hydrazine groups is 1. The Kier molecular flexibility index (Phi) is 5.42. The van der Waals surface area contributed by atoms with E-state index in [1.807, 2.05) is 6.07 Å². The molecule has 2 rings (SSSR count). The molecular weight excluding hydrogens is 270 g/mol. The van der Waals surface area contributed by atoms with Crippen LogP contribution < -0.4 is 11.3 Å². The summed E-state index contributed by atoms with van der Waals surface area (Å²) in [6.07, 6.45) is 2.17. The number of aryl methyl sites for hydroxylation is 2. The van der Waals surface area contributed by atoms with E-state index in [-0.39, 0.29) is 6.04 Å². The summed E-state index contributed by atoms with van der Waals surface area (Å²) >= 11 is 0. The van der Waals surface area contributed by atoms with Crippen molar-refractivity contribution in [1.29, 1.82) is 0 Å². The molecule has 21 heavy (non-hydrogen) atoms. The van der Waals surface area contributed by atoms with Gasteiger partial charge in [-0.3, -0.25) is 11.3 Å². The van der Waals surface area contributed by atoms with Crippen LogP contribution in [-0.4, -0.2) is 6.04 Å². The van der Waals surface area contributed by atoms with Gasteiger partial charge >= 0.3 is 0 Å². The molecule has 0 amide bonds. The van der Waals surface area contributed by atoms with Crippen molar-refractivity contribution in [3.05, 3.63) is 70.8 Å². The van der Waals surface area contributed by atoms with Gasteiger partial charge in [0, 0.05) is 12.1 Å². The van der Waals surface area contributed by atoms with E-state index in [2.05, 4.69) is 30.5 Å². The lowest BCUT2D eigenvalue weighted by Gasteiger charge is -2.16. The number of hydrogen-bond donors (Lipinski definition) is 2. The van der Waals surface area contributed by atoms with Gasteiger partial charge < -0.3 is 0 Å². The third kappa shape index (κ3) is 4.92. The zero-order chi connectivity index (χ0) is 15.2. The second-order valence-electron chi connectivity index (χ2n) is 5.37. The van der Waals surface area contributed by atoms with E-state index in [0.29, 0.717) is 12.0 Å². The van der Waals surface area contributed by atoms with Crippen LogP contribution in [0.3, 0.4) is 0 Å². The lowest BCUT2D eigenvalue weighted by atomic mass is 9.98. The van der Waals surface area contributed by atoms with Crippen LogP contribution in [0.15, 0.2) is 42.5 Å². The molecular formula is C17H20F2N2. The molecule has 1 atom stereocenters. The molecule has 0 radical (unpaired) electrons. The highest BCUT2D eigenvalue weighted by Crippen LogP contribution is 2.13. The fourth-order valence-electron chi connectivity index (χ4n) is 2.47. The van der Waals surface area contributed by atoms with E-state index in [1.54, 1.807) is 0 Å². The Morgan fingerprint density at radius 3 is 2.38 bits per heavy atom. The minimum Gasteiger partial charge on any atom is -0.271 e. The second kappa shape index (κ2) is 7.29. The van der Waals surface area contributed by atoms with Crippen molar-refractivity contribution in [3.8, 4) is 0 Å². The summed E-state index contributed by atoms with van der Waals surface area (Å²) in [4.78, 5) is 0. The van der Waals surface area contributed by atoms with Gasteiger partial charge in [-0.05, 0) is 49.4 Å². The van der Waals surface area contributed by atoms with E-state index in [0.717, 1.165) is 18.9 Å². The van der Waals surface area contributed by atoms with Crippen LogP contribution in [0.1, 0.15) is 23.1 Å². The Bertz CT molecular complexity index is 579. The highest BCUT2D eigenvalue weighted by molar-refractivity contribution is 5.23. The standard InChI is InChI=1S/C17H20F2N2/c1-12-3-2-4-13(7-12)5-6-17(21-20)10-14-8-15(18)11-16(19)9-14/h2-4,7-9,11,17,21H,5-6,10,20H2,1H3. The van der Waals surface area contributed by atoms with Gasteiger partial charge in [0.1, 0.15) is 11.6 Å². The van der Waals surface area contributed by atoms with E-state index in [4.69, 9.17) is 5.84 Å². The molecule has 0 aliphatic heterocycles. The average molecular weight is 290 g/mol. The minimum absolute atomic E-state index is 0.0216. The highest BCUT2D eigenvalue weighted by atomic mass is 19.1. The zero-order valence-corrected chi connectivity index (χ0v) is 12.1. The van der Waals surface area contributed by atoms with Gasteiger partial charge in [-0.25, -0.2) is 8.78 Å². The maximum Gasteiger partial charge on any atom is 0.126 e. The summed E-state index contributed by atoms with van der Waals surface area (Å²) in [5.41, 5.74) is 5.80. The van der Waals surface area contributed by atoms with Crippen molar-refractivity contribution in [2.75, 3.05) is 0 Å². The first-order chi connectivity index (χ1) is 10.1. The summed E-state index contributed by atoms with van der Waals surface area (Å²) in [6.45, 7) is 2.05. The second-order valence-corrected chi connectivity index (χ2v) is 5.37. The van der Waals surface area contributed by atoms with Crippen LogP contribution in [0.2, 0.25) is 0 Å². The Labute approximate surface area is 124 Å². The Morgan fingerprint density at radius 2 is 1.76 bits per heavy atom. The monoisotopic (exact) mass is 290 g/mol. The molecule has 0 aliphatic rings. The molecule has 0 bridgehead atoms. The molecule has 0 saturated carbocycles. The van der Waals surface area contributed by atoms with E-state index in [1.165, 1.54) is 23.3 Å². The maximum atomic E-state index is 13.2. The van der Waals surface area contributed by atoms with Gasteiger partial charge in [-0.2, -0.15) is 0 Å². The quantitative estimate of drug-likeness (QED) is 0.633. The van der Waals surface area contributed by atoms with Gasteiger partial charge in [0.15, 0.2) is 0 Å². The van der Waals surface area contributed by atoms with Crippen LogP contribution in [-0.2, 0) is 12.8 Å². The molecule has 0 saturated heterocycles. The van der Waals surface area contributed by atoms with E-state index < -0.39 is 11.6 Å². The summed E-state index contributed by atoms with van der Waals surface area (Å²) in [5.74, 6) is 4.44. The zero-order valence-electron chi connectivity index (χ0n) is 12.1. The number of nitrogens with one attached hydrogen (secondary N) is 1. The van der Waals surface area contributed by atoms with Crippen molar-refractivity contribution >= 4 is 0 Å². The predicted octanol–water partition coefficient (Wildman–Crippen LogP) is 3.28. The summed E-state index contributed by atoms with van der Waals surface area (Å²) < 4.78 is 26.4. The lowest BCUT2D eigenvalue weighted by molar-refractivity contribution is 0.487. The highest BCUT2D eigenvalue weighted by Gasteiger charge is 2.10. The fraction of sp³-hybridized carbons (Fsp3) is 0.294. The molecule has 0 fully saturated rings. The number of halogens is 2. The summed E-state index contributed by atoms with van der Waals surface area (Å²) in [6, 6.07) is 11.8. The van der Waals surface area contributed by atoms with Gasteiger partial charge in [-0.15, -0.1) is 0 Å². The fourth-order valence-corrected chi connectivity index (χ4v) is 2.47. The van der Waals surface area contributed by atoms with Gasteiger partial charge in [0.05, 0.1) is 0 Å². The normalized spacial score (nSPS) is 12.4. The molecule has 112 valence electrons. The average Bonchev–Trinajstić information content (AvgIpc) is 2.42. The smallest absolute Gasteiger partial charge is 0.126 e. The first-order valence-corrected chi connectivity index (χ1v) is 7.03. The van der Waals surface area contributed by atoms with E-state index >= 15 is 0 Å². The molecule has 0 spiro atoms. The maximum absolute atomic E-state index is 13.2. The third-order valence-corrected chi connectivity index (χ3v) is 3.50. The van der Waals surface area contributed by atoms with Gasteiger partial charge in [0.25, 0.3) is 0 Å². The van der Waals surface area contributed by atoms with Crippen LogP contribution in [0.5, 0.6) is 0 Å². The first kappa shape index (κ1) is 15.6. The van der Waals surface area contributed by atoms with Crippen LogP contribution in [0, 0.1) is 18.6 Å². The van der Waals surface area contributed by atoms with Crippen molar-refractivity contribution < 1.29 is 8.78 Å². The number of benzene rings is 2. The van der Waals surface area contributed by atoms with Gasteiger partial charge in [-0.1, -0.05) is 29.8 Å². The van der Waals surface area contributed by atoms with E-state index in [9.17, 15) is 8.78 Å².